The van der Waals surface area contributed by atoms with E-state index in [1.807, 2.05) is 54.8 Å². The minimum Gasteiger partial charge on any atom is -0.354 e. The molecule has 2 aliphatic rings. The van der Waals surface area contributed by atoms with Crippen LogP contribution in [0, 0.1) is 5.92 Å². The first-order valence-electron chi connectivity index (χ1n) is 10.5. The number of carbonyl (C=O) groups excluding carboxylic acids is 1. The molecule has 1 aromatic carbocycles. The number of aryl methyl sites for hydroxylation is 1. The highest BCUT2D eigenvalue weighted by atomic mass is 32.2. The van der Waals surface area contributed by atoms with Crippen LogP contribution in [0.4, 0.5) is 0 Å². The van der Waals surface area contributed by atoms with Crippen molar-refractivity contribution in [3.63, 3.8) is 0 Å². The van der Waals surface area contributed by atoms with Crippen LogP contribution in [0.5, 0.6) is 0 Å². The third-order valence-electron chi connectivity index (χ3n) is 5.91. The van der Waals surface area contributed by atoms with Gasteiger partial charge in [-0.15, -0.1) is 4.40 Å². The lowest BCUT2D eigenvalue weighted by atomic mass is 10.1. The summed E-state index contributed by atoms with van der Waals surface area (Å²) in [4.78, 5) is 16.8. The number of amidine groups is 1. The predicted molar refractivity (Wildman–Crippen MR) is 117 cm³/mol. The van der Waals surface area contributed by atoms with Crippen LogP contribution in [0.2, 0.25) is 0 Å². The van der Waals surface area contributed by atoms with Crippen molar-refractivity contribution < 1.29 is 13.2 Å². The minimum absolute atomic E-state index is 0.0186. The Bertz CT molecular complexity index is 933. The van der Waals surface area contributed by atoms with Gasteiger partial charge in [0.15, 0.2) is 0 Å². The topological polar surface area (TPSA) is 70.0 Å². The molecule has 3 rings (SSSR count). The van der Waals surface area contributed by atoms with E-state index in [-0.39, 0.29) is 11.8 Å². The van der Waals surface area contributed by atoms with Crippen LogP contribution in [0.15, 0.2) is 34.2 Å². The Balaban J connectivity index is 1.83. The molecule has 0 aliphatic carbocycles. The summed E-state index contributed by atoms with van der Waals surface area (Å²) in [6.07, 6.45) is 2.54. The van der Waals surface area contributed by atoms with Crippen LogP contribution < -0.4 is 0 Å². The van der Waals surface area contributed by atoms with Crippen LogP contribution in [0.1, 0.15) is 51.7 Å². The van der Waals surface area contributed by atoms with Gasteiger partial charge in [-0.25, -0.2) is 0 Å². The average Bonchev–Trinajstić information content (AvgIpc) is 2.87. The fraction of sp³-hybridized carbons (Fsp3) is 0.545. The summed E-state index contributed by atoms with van der Waals surface area (Å²) in [5, 5.41) is 0. The van der Waals surface area contributed by atoms with Gasteiger partial charge in [0.25, 0.3) is 10.0 Å². The molecule has 2 heterocycles. The molecule has 0 unspecified atom stereocenters. The lowest BCUT2D eigenvalue weighted by Crippen LogP contribution is -2.39. The van der Waals surface area contributed by atoms with Crippen molar-refractivity contribution in [2.75, 3.05) is 26.2 Å². The zero-order valence-corrected chi connectivity index (χ0v) is 18.6. The van der Waals surface area contributed by atoms with Crippen molar-refractivity contribution in [1.29, 1.82) is 0 Å². The molecule has 1 fully saturated rings. The van der Waals surface area contributed by atoms with Crippen LogP contribution in [-0.2, 0) is 21.2 Å². The van der Waals surface area contributed by atoms with Crippen molar-refractivity contribution in [2.45, 2.75) is 47.0 Å². The number of carbonyl (C=O) groups is 1. The second-order valence-electron chi connectivity index (χ2n) is 7.87. The van der Waals surface area contributed by atoms with E-state index in [1.165, 1.54) is 5.56 Å². The fourth-order valence-electron chi connectivity index (χ4n) is 3.91. The van der Waals surface area contributed by atoms with E-state index in [0.717, 1.165) is 19.3 Å². The highest BCUT2D eigenvalue weighted by Crippen LogP contribution is 2.34. The van der Waals surface area contributed by atoms with Crippen LogP contribution in [0.25, 0.3) is 4.91 Å². The van der Waals surface area contributed by atoms with Gasteiger partial charge in [-0.1, -0.05) is 45.0 Å². The summed E-state index contributed by atoms with van der Waals surface area (Å²) >= 11 is 0. The third-order valence-corrected chi connectivity index (χ3v) is 7.38. The smallest absolute Gasteiger partial charge is 0.285 e. The van der Waals surface area contributed by atoms with Gasteiger partial charge in [-0.2, -0.15) is 8.42 Å². The number of benzene rings is 1. The van der Waals surface area contributed by atoms with Crippen LogP contribution >= 0.6 is 0 Å². The van der Waals surface area contributed by atoms with Gasteiger partial charge in [0, 0.05) is 37.7 Å². The molecule has 7 heteroatoms. The Morgan fingerprint density at radius 3 is 2.41 bits per heavy atom. The number of sulfonamides is 1. The molecular weight excluding hydrogens is 386 g/mol. The van der Waals surface area contributed by atoms with Crippen molar-refractivity contribution in [2.24, 2.45) is 10.3 Å². The van der Waals surface area contributed by atoms with Gasteiger partial charge < -0.3 is 9.80 Å². The molecule has 0 spiro atoms. The average molecular weight is 418 g/mol. The second kappa shape index (κ2) is 8.69. The van der Waals surface area contributed by atoms with Crippen LogP contribution in [-0.4, -0.2) is 56.1 Å². The molecule has 0 saturated carbocycles. The Kier molecular flexibility index (Phi) is 6.46. The Labute approximate surface area is 174 Å². The van der Waals surface area contributed by atoms with Crippen molar-refractivity contribution >= 4 is 26.7 Å². The largest absolute Gasteiger partial charge is 0.354 e. The van der Waals surface area contributed by atoms with Crippen LogP contribution in [0.3, 0.4) is 0 Å². The van der Waals surface area contributed by atoms with Gasteiger partial charge in [0.05, 0.1) is 0 Å². The fourth-order valence-corrected chi connectivity index (χ4v) is 5.39. The van der Waals surface area contributed by atoms with E-state index in [2.05, 4.69) is 11.3 Å². The molecule has 0 aromatic heterocycles. The minimum atomic E-state index is -3.72. The van der Waals surface area contributed by atoms with Gasteiger partial charge >= 0.3 is 0 Å². The SMILES string of the molecule is CCc1ccc(C2=C(C)C(N3CCCN(C(=O)[C@H](C)CC)CC3)=NS2(=O)=O)cc1. The van der Waals surface area contributed by atoms with E-state index in [0.29, 0.717) is 48.1 Å². The zero-order valence-electron chi connectivity index (χ0n) is 17.8. The van der Waals surface area contributed by atoms with E-state index in [9.17, 15) is 13.2 Å². The number of nitrogens with zero attached hydrogens (tertiary/aromatic N) is 3. The summed E-state index contributed by atoms with van der Waals surface area (Å²) in [7, 11) is -3.72. The maximum atomic E-state index is 12.8. The third kappa shape index (κ3) is 4.39. The molecule has 0 radical (unpaired) electrons. The molecule has 29 heavy (non-hydrogen) atoms. The van der Waals surface area contributed by atoms with Crippen molar-refractivity contribution in [1.82, 2.24) is 9.80 Å². The van der Waals surface area contributed by atoms with E-state index in [1.54, 1.807) is 0 Å². The first kappa shape index (κ1) is 21.6. The summed E-state index contributed by atoms with van der Waals surface area (Å²) in [6, 6.07) is 7.66. The van der Waals surface area contributed by atoms with E-state index >= 15 is 0 Å². The maximum absolute atomic E-state index is 12.8. The molecular formula is C22H31N3O3S. The summed E-state index contributed by atoms with van der Waals surface area (Å²) < 4.78 is 29.8. The Morgan fingerprint density at radius 1 is 1.10 bits per heavy atom. The number of hydrogen-bond donors (Lipinski definition) is 0. The van der Waals surface area contributed by atoms with Gasteiger partial charge in [-0.3, -0.25) is 4.79 Å². The summed E-state index contributed by atoms with van der Waals surface area (Å²) in [5.74, 6) is 0.724. The van der Waals surface area contributed by atoms with Crippen molar-refractivity contribution in [3.8, 4) is 0 Å². The maximum Gasteiger partial charge on any atom is 0.285 e. The molecule has 1 aromatic rings. The van der Waals surface area contributed by atoms with E-state index < -0.39 is 10.0 Å². The quantitative estimate of drug-likeness (QED) is 0.754. The molecule has 2 aliphatic heterocycles. The van der Waals surface area contributed by atoms with E-state index in [4.69, 9.17) is 0 Å². The molecule has 1 atom stereocenters. The standard InChI is InChI=1S/C22H31N3O3S/c1-5-16(3)22(26)25-13-7-12-24(14-15-25)21-17(4)20(29(27,28)23-21)19-10-8-18(6-2)9-11-19/h8-11,16H,5-7,12-15H2,1-4H3/t16-/m1/s1. The lowest BCUT2D eigenvalue weighted by molar-refractivity contribution is -0.134. The Morgan fingerprint density at radius 2 is 1.79 bits per heavy atom. The van der Waals surface area contributed by atoms with Crippen molar-refractivity contribution in [3.05, 3.63) is 41.0 Å². The second-order valence-corrected chi connectivity index (χ2v) is 9.41. The van der Waals surface area contributed by atoms with Gasteiger partial charge in [0.1, 0.15) is 10.7 Å². The first-order valence-corrected chi connectivity index (χ1v) is 11.9. The molecule has 158 valence electrons. The molecule has 0 N–H and O–H groups in total. The normalized spacial score (nSPS) is 20.5. The number of hydrogen-bond acceptors (Lipinski definition) is 4. The highest BCUT2D eigenvalue weighted by molar-refractivity contribution is 8.00. The molecule has 1 amide bonds. The lowest BCUT2D eigenvalue weighted by Gasteiger charge is -2.25. The molecule has 6 nitrogen and oxygen atoms in total. The number of rotatable bonds is 4. The first-order chi connectivity index (χ1) is 13.8. The molecule has 1 saturated heterocycles. The monoisotopic (exact) mass is 417 g/mol. The van der Waals surface area contributed by atoms with Gasteiger partial charge in [0.2, 0.25) is 5.91 Å². The summed E-state index contributed by atoms with van der Waals surface area (Å²) in [5.41, 5.74) is 2.54. The predicted octanol–water partition coefficient (Wildman–Crippen LogP) is 3.30. The van der Waals surface area contributed by atoms with Gasteiger partial charge in [-0.05, 0) is 37.3 Å². The number of amides is 1. The summed E-state index contributed by atoms with van der Waals surface area (Å²) in [6.45, 7) is 10.5. The molecule has 0 bridgehead atoms. The Hall–Kier alpha value is -2.15. The highest BCUT2D eigenvalue weighted by Gasteiger charge is 2.34. The zero-order chi connectivity index (χ0) is 21.2.